The van der Waals surface area contributed by atoms with Crippen LogP contribution in [0.3, 0.4) is 0 Å². The van der Waals surface area contributed by atoms with Crippen LogP contribution in [0.15, 0.2) is 18.2 Å². The monoisotopic (exact) mass is 237 g/mol. The first-order valence-corrected chi connectivity index (χ1v) is 6.74. The second-order valence-corrected chi connectivity index (χ2v) is 4.68. The Morgan fingerprint density at radius 2 is 1.76 bits per heavy atom. The zero-order chi connectivity index (χ0) is 12.5. The second kappa shape index (κ2) is 8.10. The van der Waals surface area contributed by atoms with E-state index in [1.807, 2.05) is 19.1 Å². The zero-order valence-electron chi connectivity index (χ0n) is 11.1. The summed E-state index contributed by atoms with van der Waals surface area (Å²) < 4.78 is 13.5. The van der Waals surface area contributed by atoms with Gasteiger partial charge in [0.05, 0.1) is 5.69 Å². The Bertz CT molecular complexity index is 323. The highest BCUT2D eigenvalue weighted by atomic mass is 19.1. The molecule has 96 valence electrons. The van der Waals surface area contributed by atoms with Gasteiger partial charge in [-0.15, -0.1) is 0 Å². The molecule has 0 aliphatic heterocycles. The molecule has 0 atom stereocenters. The van der Waals surface area contributed by atoms with Crippen molar-refractivity contribution in [2.24, 2.45) is 0 Å². The first-order chi connectivity index (χ1) is 8.24. The molecule has 0 radical (unpaired) electrons. The maximum atomic E-state index is 13.5. The van der Waals surface area contributed by atoms with Gasteiger partial charge in [0.15, 0.2) is 0 Å². The highest BCUT2D eigenvalue weighted by Gasteiger charge is 2.00. The molecule has 0 aliphatic carbocycles. The van der Waals surface area contributed by atoms with Gasteiger partial charge in [-0.3, -0.25) is 0 Å². The molecule has 1 aromatic carbocycles. The number of aryl methyl sites for hydroxylation is 1. The first-order valence-electron chi connectivity index (χ1n) is 6.74. The summed E-state index contributed by atoms with van der Waals surface area (Å²) >= 11 is 0. The SMILES string of the molecule is CCCCCCCCNc1ccc(C)cc1F. The molecule has 17 heavy (non-hydrogen) atoms. The summed E-state index contributed by atoms with van der Waals surface area (Å²) in [6.45, 7) is 4.99. The average Bonchev–Trinajstić information content (AvgIpc) is 2.30. The maximum absolute atomic E-state index is 13.5. The highest BCUT2D eigenvalue weighted by Crippen LogP contribution is 2.15. The predicted octanol–water partition coefficient (Wildman–Crippen LogP) is 4.91. The minimum absolute atomic E-state index is 0.143. The summed E-state index contributed by atoms with van der Waals surface area (Å²) in [5.41, 5.74) is 1.59. The Kier molecular flexibility index (Phi) is 6.68. The predicted molar refractivity (Wildman–Crippen MR) is 73.0 cm³/mol. The van der Waals surface area contributed by atoms with E-state index < -0.39 is 0 Å². The van der Waals surface area contributed by atoms with Gasteiger partial charge >= 0.3 is 0 Å². The molecule has 0 spiro atoms. The van der Waals surface area contributed by atoms with Crippen molar-refractivity contribution in [2.45, 2.75) is 52.4 Å². The summed E-state index contributed by atoms with van der Waals surface area (Å²) in [5.74, 6) is -0.143. The molecule has 0 unspecified atom stereocenters. The smallest absolute Gasteiger partial charge is 0.146 e. The van der Waals surface area contributed by atoms with Gasteiger partial charge in [0.1, 0.15) is 5.82 Å². The van der Waals surface area contributed by atoms with Gasteiger partial charge in [-0.05, 0) is 31.0 Å². The number of hydrogen-bond donors (Lipinski definition) is 1. The van der Waals surface area contributed by atoms with Crippen molar-refractivity contribution in [3.05, 3.63) is 29.6 Å². The fourth-order valence-corrected chi connectivity index (χ4v) is 1.89. The fourth-order valence-electron chi connectivity index (χ4n) is 1.89. The van der Waals surface area contributed by atoms with Crippen LogP contribution in [0.2, 0.25) is 0 Å². The number of benzene rings is 1. The van der Waals surface area contributed by atoms with E-state index in [2.05, 4.69) is 12.2 Å². The van der Waals surface area contributed by atoms with Crippen LogP contribution in [0.5, 0.6) is 0 Å². The molecule has 2 heteroatoms. The Morgan fingerprint density at radius 1 is 1.06 bits per heavy atom. The lowest BCUT2D eigenvalue weighted by molar-refractivity contribution is 0.611. The van der Waals surface area contributed by atoms with Crippen LogP contribution in [0.25, 0.3) is 0 Å². The molecule has 0 heterocycles. The Labute approximate surface area is 104 Å². The Balaban J connectivity index is 2.14. The van der Waals surface area contributed by atoms with Crippen LogP contribution in [0.1, 0.15) is 51.0 Å². The first kappa shape index (κ1) is 14.0. The lowest BCUT2D eigenvalue weighted by atomic mass is 10.1. The molecule has 0 aromatic heterocycles. The number of halogens is 1. The average molecular weight is 237 g/mol. The van der Waals surface area contributed by atoms with Gasteiger partial charge in [0.2, 0.25) is 0 Å². The van der Waals surface area contributed by atoms with E-state index in [0.29, 0.717) is 5.69 Å². The van der Waals surface area contributed by atoms with Crippen LogP contribution in [-0.2, 0) is 0 Å². The van der Waals surface area contributed by atoms with E-state index in [1.54, 1.807) is 6.07 Å². The van der Waals surface area contributed by atoms with E-state index in [0.717, 1.165) is 18.5 Å². The quantitative estimate of drug-likeness (QED) is 0.634. The van der Waals surface area contributed by atoms with Gasteiger partial charge in [-0.2, -0.15) is 0 Å². The molecule has 0 aliphatic rings. The third kappa shape index (κ3) is 5.71. The van der Waals surface area contributed by atoms with E-state index in [1.165, 1.54) is 32.1 Å². The molecular formula is C15H24FN. The van der Waals surface area contributed by atoms with E-state index >= 15 is 0 Å². The minimum atomic E-state index is -0.143. The largest absolute Gasteiger partial charge is 0.383 e. The van der Waals surface area contributed by atoms with Gasteiger partial charge in [0, 0.05) is 6.54 Å². The van der Waals surface area contributed by atoms with Crippen LogP contribution in [0.4, 0.5) is 10.1 Å². The molecular weight excluding hydrogens is 213 g/mol. The van der Waals surface area contributed by atoms with Gasteiger partial charge in [-0.25, -0.2) is 4.39 Å². The summed E-state index contributed by atoms with van der Waals surface area (Å²) in [6.07, 6.45) is 7.60. The highest BCUT2D eigenvalue weighted by molar-refractivity contribution is 5.45. The van der Waals surface area contributed by atoms with Crippen molar-refractivity contribution in [3.63, 3.8) is 0 Å². The lowest BCUT2D eigenvalue weighted by Crippen LogP contribution is -2.03. The molecule has 1 rings (SSSR count). The molecule has 0 saturated heterocycles. The summed E-state index contributed by atoms with van der Waals surface area (Å²) in [4.78, 5) is 0. The van der Waals surface area contributed by atoms with E-state index in [-0.39, 0.29) is 5.82 Å². The van der Waals surface area contributed by atoms with Gasteiger partial charge in [-0.1, -0.05) is 45.1 Å². The summed E-state index contributed by atoms with van der Waals surface area (Å²) in [5, 5.41) is 3.16. The number of anilines is 1. The zero-order valence-corrected chi connectivity index (χ0v) is 11.1. The van der Waals surface area contributed by atoms with Crippen molar-refractivity contribution >= 4 is 5.69 Å². The third-order valence-electron chi connectivity index (χ3n) is 2.97. The number of rotatable bonds is 8. The normalized spacial score (nSPS) is 10.5. The summed E-state index contributed by atoms with van der Waals surface area (Å²) in [7, 11) is 0. The molecule has 1 nitrogen and oxygen atoms in total. The van der Waals surface area contributed by atoms with Gasteiger partial charge < -0.3 is 5.32 Å². The van der Waals surface area contributed by atoms with Crippen LogP contribution in [-0.4, -0.2) is 6.54 Å². The van der Waals surface area contributed by atoms with Crippen molar-refractivity contribution < 1.29 is 4.39 Å². The minimum Gasteiger partial charge on any atom is -0.383 e. The molecule has 0 bridgehead atoms. The standard InChI is InChI=1S/C15H24FN/c1-3-4-5-6-7-8-11-17-15-10-9-13(2)12-14(15)16/h9-10,12,17H,3-8,11H2,1-2H3. The molecule has 0 saturated carbocycles. The molecule has 1 N–H and O–H groups in total. The van der Waals surface area contributed by atoms with E-state index in [4.69, 9.17) is 0 Å². The van der Waals surface area contributed by atoms with Crippen molar-refractivity contribution in [1.82, 2.24) is 0 Å². The van der Waals surface area contributed by atoms with Crippen molar-refractivity contribution in [1.29, 1.82) is 0 Å². The van der Waals surface area contributed by atoms with Crippen molar-refractivity contribution in [3.8, 4) is 0 Å². The molecule has 0 amide bonds. The van der Waals surface area contributed by atoms with Crippen LogP contribution < -0.4 is 5.32 Å². The Hall–Kier alpha value is -1.05. The Morgan fingerprint density at radius 3 is 2.47 bits per heavy atom. The number of nitrogens with one attached hydrogen (secondary N) is 1. The lowest BCUT2D eigenvalue weighted by Gasteiger charge is -2.08. The summed E-state index contributed by atoms with van der Waals surface area (Å²) in [6, 6.07) is 5.33. The van der Waals surface area contributed by atoms with Gasteiger partial charge in [0.25, 0.3) is 0 Å². The third-order valence-corrected chi connectivity index (χ3v) is 2.97. The topological polar surface area (TPSA) is 12.0 Å². The molecule has 1 aromatic rings. The second-order valence-electron chi connectivity index (χ2n) is 4.68. The molecule has 0 fully saturated rings. The fraction of sp³-hybridized carbons (Fsp3) is 0.600. The van der Waals surface area contributed by atoms with Crippen LogP contribution >= 0.6 is 0 Å². The maximum Gasteiger partial charge on any atom is 0.146 e. The van der Waals surface area contributed by atoms with E-state index in [9.17, 15) is 4.39 Å². The van der Waals surface area contributed by atoms with Crippen LogP contribution in [0, 0.1) is 12.7 Å². The number of hydrogen-bond acceptors (Lipinski definition) is 1. The van der Waals surface area contributed by atoms with Crippen molar-refractivity contribution in [2.75, 3.05) is 11.9 Å². The number of unbranched alkanes of at least 4 members (excludes halogenated alkanes) is 5.